The van der Waals surface area contributed by atoms with Gasteiger partial charge in [-0.1, -0.05) is 33.1 Å². The summed E-state index contributed by atoms with van der Waals surface area (Å²) in [6.45, 7) is 3.23. The third kappa shape index (κ3) is 6.55. The Hall–Kier alpha value is -0.440. The largest absolute Gasteiger partial charge is 0.394 e. The fourth-order valence-electron chi connectivity index (χ4n) is 3.82. The van der Waals surface area contributed by atoms with Gasteiger partial charge in [-0.15, -0.1) is 0 Å². The SMILES string of the molecule is CCCCC(CC)CO[C@H]1O[C@H](CO)[C@@H](O[C@H]2O[C@H](CO)[C@@H](O)[C@H](O)[C@H]2O)[C@H](O)[C@H]1O. The van der Waals surface area contributed by atoms with Gasteiger partial charge in [-0.25, -0.2) is 0 Å². The minimum Gasteiger partial charge on any atom is -0.394 e. The lowest BCUT2D eigenvalue weighted by molar-refractivity contribution is -0.360. The standard InChI is InChI=1S/C20H38O11/c1-3-5-6-10(4-2)9-28-19-17(27)15(25)18(12(8-22)30-19)31-20-16(26)14(24)13(23)11(7-21)29-20/h10-27H,3-9H2,1-2H3/t10?,11-,12-,13-,14+,15-,16-,17-,18-,19+,20-/m1/s1. The summed E-state index contributed by atoms with van der Waals surface area (Å²) in [6, 6.07) is 0. The third-order valence-electron chi connectivity index (χ3n) is 6.00. The Morgan fingerprint density at radius 1 is 0.774 bits per heavy atom. The zero-order chi connectivity index (χ0) is 23.1. The molecule has 1 unspecified atom stereocenters. The first-order chi connectivity index (χ1) is 14.8. The van der Waals surface area contributed by atoms with E-state index in [4.69, 9.17) is 18.9 Å². The molecule has 11 atom stereocenters. The van der Waals surface area contributed by atoms with Gasteiger partial charge in [0, 0.05) is 0 Å². The highest BCUT2D eigenvalue weighted by Gasteiger charge is 2.50. The van der Waals surface area contributed by atoms with Crippen LogP contribution >= 0.6 is 0 Å². The van der Waals surface area contributed by atoms with Crippen molar-refractivity contribution in [3.63, 3.8) is 0 Å². The second-order valence-electron chi connectivity index (χ2n) is 8.25. The van der Waals surface area contributed by atoms with Crippen molar-refractivity contribution in [1.82, 2.24) is 0 Å². The molecule has 0 bridgehead atoms. The molecule has 7 N–H and O–H groups in total. The van der Waals surface area contributed by atoms with Gasteiger partial charge >= 0.3 is 0 Å². The normalized spacial score (nSPS) is 42.5. The Balaban J connectivity index is 2.01. The lowest BCUT2D eigenvalue weighted by atomic mass is 9.97. The number of ether oxygens (including phenoxy) is 4. The van der Waals surface area contributed by atoms with E-state index in [1.165, 1.54) is 0 Å². The van der Waals surface area contributed by atoms with Gasteiger partial charge in [0.05, 0.1) is 19.8 Å². The van der Waals surface area contributed by atoms with Crippen LogP contribution in [0.3, 0.4) is 0 Å². The molecule has 0 radical (unpaired) electrons. The van der Waals surface area contributed by atoms with Gasteiger partial charge in [0.1, 0.15) is 48.8 Å². The molecule has 0 aliphatic carbocycles. The van der Waals surface area contributed by atoms with Crippen molar-refractivity contribution in [3.05, 3.63) is 0 Å². The molecule has 0 aromatic heterocycles. The molecule has 2 fully saturated rings. The highest BCUT2D eigenvalue weighted by atomic mass is 16.7. The van der Waals surface area contributed by atoms with Crippen LogP contribution in [0.15, 0.2) is 0 Å². The first-order valence-corrected chi connectivity index (χ1v) is 11.0. The number of unbranched alkanes of at least 4 members (excludes halogenated alkanes) is 1. The van der Waals surface area contributed by atoms with Gasteiger partial charge in [0.2, 0.25) is 0 Å². The topological polar surface area (TPSA) is 179 Å². The number of hydrogen-bond donors (Lipinski definition) is 7. The molecule has 2 aliphatic heterocycles. The second-order valence-corrected chi connectivity index (χ2v) is 8.25. The highest BCUT2D eigenvalue weighted by molar-refractivity contribution is 4.94. The van der Waals surface area contributed by atoms with E-state index >= 15 is 0 Å². The summed E-state index contributed by atoms with van der Waals surface area (Å²) in [5, 5.41) is 70.0. The summed E-state index contributed by atoms with van der Waals surface area (Å²) in [5.74, 6) is 0.267. The number of rotatable bonds is 11. The minimum absolute atomic E-state index is 0.267. The lowest BCUT2D eigenvalue weighted by Gasteiger charge is -2.46. The van der Waals surface area contributed by atoms with Crippen LogP contribution in [0.2, 0.25) is 0 Å². The molecule has 0 saturated carbocycles. The summed E-state index contributed by atoms with van der Waals surface area (Å²) < 4.78 is 22.1. The van der Waals surface area contributed by atoms with E-state index in [1.807, 2.05) is 6.92 Å². The van der Waals surface area contributed by atoms with Gasteiger partial charge in [0.25, 0.3) is 0 Å². The van der Waals surface area contributed by atoms with Gasteiger partial charge in [-0.05, 0) is 12.3 Å². The molecule has 31 heavy (non-hydrogen) atoms. The molecule has 2 aliphatic rings. The first kappa shape index (κ1) is 26.8. The van der Waals surface area contributed by atoms with Gasteiger partial charge < -0.3 is 54.7 Å². The molecule has 0 spiro atoms. The molecular weight excluding hydrogens is 416 g/mol. The van der Waals surface area contributed by atoms with E-state index in [0.717, 1.165) is 25.7 Å². The average Bonchev–Trinajstić information content (AvgIpc) is 2.78. The quantitative estimate of drug-likeness (QED) is 0.181. The van der Waals surface area contributed by atoms with Crippen LogP contribution in [-0.4, -0.2) is 117 Å². The Bertz CT molecular complexity index is 506. The molecule has 2 rings (SSSR count). The van der Waals surface area contributed by atoms with Crippen molar-refractivity contribution in [3.8, 4) is 0 Å². The lowest BCUT2D eigenvalue weighted by Crippen LogP contribution is -2.64. The Morgan fingerprint density at radius 2 is 1.39 bits per heavy atom. The number of aliphatic hydroxyl groups is 7. The van der Waals surface area contributed by atoms with Crippen molar-refractivity contribution in [2.24, 2.45) is 5.92 Å². The Labute approximate surface area is 182 Å². The highest BCUT2D eigenvalue weighted by Crippen LogP contribution is 2.30. The number of aliphatic hydroxyl groups excluding tert-OH is 7. The molecule has 2 saturated heterocycles. The van der Waals surface area contributed by atoms with E-state index in [1.54, 1.807) is 0 Å². The van der Waals surface area contributed by atoms with E-state index in [0.29, 0.717) is 6.61 Å². The zero-order valence-electron chi connectivity index (χ0n) is 18.1. The monoisotopic (exact) mass is 454 g/mol. The fourth-order valence-corrected chi connectivity index (χ4v) is 3.82. The van der Waals surface area contributed by atoms with Crippen LogP contribution in [0.4, 0.5) is 0 Å². The molecule has 11 nitrogen and oxygen atoms in total. The van der Waals surface area contributed by atoms with Crippen LogP contribution in [0, 0.1) is 5.92 Å². The molecule has 184 valence electrons. The summed E-state index contributed by atoms with van der Waals surface area (Å²) >= 11 is 0. The fraction of sp³-hybridized carbons (Fsp3) is 1.00. The molecule has 0 aromatic carbocycles. The summed E-state index contributed by atoms with van der Waals surface area (Å²) in [7, 11) is 0. The van der Waals surface area contributed by atoms with Crippen molar-refractivity contribution >= 4 is 0 Å². The predicted molar refractivity (Wildman–Crippen MR) is 106 cm³/mol. The summed E-state index contributed by atoms with van der Waals surface area (Å²) in [4.78, 5) is 0. The molecule has 11 heteroatoms. The molecule has 2 heterocycles. The van der Waals surface area contributed by atoms with E-state index in [2.05, 4.69) is 6.92 Å². The van der Waals surface area contributed by atoms with Crippen molar-refractivity contribution in [2.75, 3.05) is 19.8 Å². The van der Waals surface area contributed by atoms with Crippen LogP contribution in [-0.2, 0) is 18.9 Å². The van der Waals surface area contributed by atoms with Gasteiger partial charge in [-0.3, -0.25) is 0 Å². The van der Waals surface area contributed by atoms with Crippen LogP contribution < -0.4 is 0 Å². The zero-order valence-corrected chi connectivity index (χ0v) is 18.1. The maximum Gasteiger partial charge on any atom is 0.187 e. The maximum atomic E-state index is 10.6. The molecule has 0 amide bonds. The average molecular weight is 455 g/mol. The van der Waals surface area contributed by atoms with Gasteiger partial charge in [0.15, 0.2) is 12.6 Å². The van der Waals surface area contributed by atoms with E-state index < -0.39 is 74.6 Å². The first-order valence-electron chi connectivity index (χ1n) is 11.0. The van der Waals surface area contributed by atoms with E-state index in [9.17, 15) is 35.7 Å². The van der Waals surface area contributed by atoms with Crippen LogP contribution in [0.25, 0.3) is 0 Å². The van der Waals surface area contributed by atoms with Crippen LogP contribution in [0.1, 0.15) is 39.5 Å². The minimum atomic E-state index is -1.70. The number of hydrogen-bond acceptors (Lipinski definition) is 11. The maximum absolute atomic E-state index is 10.6. The predicted octanol–water partition coefficient (Wildman–Crippen LogP) is -2.16. The summed E-state index contributed by atoms with van der Waals surface area (Å²) in [6.07, 6.45) is -10.4. The van der Waals surface area contributed by atoms with Crippen molar-refractivity contribution < 1.29 is 54.7 Å². The molecule has 0 aromatic rings. The van der Waals surface area contributed by atoms with E-state index in [-0.39, 0.29) is 5.92 Å². The van der Waals surface area contributed by atoms with Gasteiger partial charge in [-0.2, -0.15) is 0 Å². The van der Waals surface area contributed by atoms with Crippen molar-refractivity contribution in [1.29, 1.82) is 0 Å². The smallest absolute Gasteiger partial charge is 0.187 e. The van der Waals surface area contributed by atoms with Crippen molar-refractivity contribution in [2.45, 2.75) is 101 Å². The second kappa shape index (κ2) is 12.7. The van der Waals surface area contributed by atoms with Crippen LogP contribution in [0.5, 0.6) is 0 Å². The Morgan fingerprint density at radius 3 is 1.97 bits per heavy atom. The molecular formula is C20H38O11. The summed E-state index contributed by atoms with van der Waals surface area (Å²) in [5.41, 5.74) is 0. The third-order valence-corrected chi connectivity index (χ3v) is 6.00. The Kier molecular flexibility index (Phi) is 11.0.